The van der Waals surface area contributed by atoms with Crippen LogP contribution in [0.15, 0.2) is 46.9 Å². The number of ether oxygens (including phenoxy) is 2. The minimum absolute atomic E-state index is 0.167. The summed E-state index contributed by atoms with van der Waals surface area (Å²) in [7, 11) is 3.30. The summed E-state index contributed by atoms with van der Waals surface area (Å²) in [6.45, 7) is 2.71. The molecular formula is C21H26BrNO3. The molecule has 2 aromatic rings. The topological polar surface area (TPSA) is 41.9 Å². The van der Waals surface area contributed by atoms with Gasteiger partial charge in [0.25, 0.3) is 0 Å². The predicted octanol–water partition coefficient (Wildman–Crippen LogP) is 3.89. The molecule has 1 fully saturated rings. The Labute approximate surface area is 163 Å². The van der Waals surface area contributed by atoms with E-state index in [0.717, 1.165) is 48.3 Å². The zero-order chi connectivity index (χ0) is 18.5. The maximum atomic E-state index is 10.6. The number of rotatable bonds is 6. The van der Waals surface area contributed by atoms with Gasteiger partial charge in [0.05, 0.1) is 20.3 Å². The van der Waals surface area contributed by atoms with E-state index in [1.165, 1.54) is 5.56 Å². The number of methoxy groups -OCH3 is 2. The van der Waals surface area contributed by atoms with Crippen LogP contribution in [0.2, 0.25) is 0 Å². The van der Waals surface area contributed by atoms with Crippen LogP contribution in [0.3, 0.4) is 0 Å². The van der Waals surface area contributed by atoms with E-state index < -0.39 is 0 Å². The molecule has 2 aromatic carbocycles. The molecule has 1 heterocycles. The minimum atomic E-state index is -0.295. The average molecular weight is 420 g/mol. The predicted molar refractivity (Wildman–Crippen MR) is 107 cm³/mol. The van der Waals surface area contributed by atoms with Crippen LogP contribution in [-0.2, 0) is 13.0 Å². The van der Waals surface area contributed by atoms with Gasteiger partial charge in [0.2, 0.25) is 0 Å². The Morgan fingerprint density at radius 1 is 1.15 bits per heavy atom. The molecule has 2 atom stereocenters. The van der Waals surface area contributed by atoms with Crippen molar-refractivity contribution in [2.24, 2.45) is 5.92 Å². The fraction of sp³-hybridized carbons (Fsp3) is 0.429. The molecule has 1 saturated heterocycles. The summed E-state index contributed by atoms with van der Waals surface area (Å²) >= 11 is 3.54. The van der Waals surface area contributed by atoms with Crippen molar-refractivity contribution in [1.82, 2.24) is 4.90 Å². The summed E-state index contributed by atoms with van der Waals surface area (Å²) in [5, 5.41) is 10.6. The van der Waals surface area contributed by atoms with Crippen molar-refractivity contribution in [3.8, 4) is 11.5 Å². The van der Waals surface area contributed by atoms with Gasteiger partial charge in [-0.1, -0.05) is 46.3 Å². The number of hydrogen-bond acceptors (Lipinski definition) is 4. The third-order valence-corrected chi connectivity index (χ3v) is 5.49. The second-order valence-electron chi connectivity index (χ2n) is 6.84. The van der Waals surface area contributed by atoms with Crippen molar-refractivity contribution in [3.05, 3.63) is 58.1 Å². The highest BCUT2D eigenvalue weighted by atomic mass is 79.9. The summed E-state index contributed by atoms with van der Waals surface area (Å²) < 4.78 is 12.0. The van der Waals surface area contributed by atoms with Gasteiger partial charge in [-0.2, -0.15) is 0 Å². The maximum absolute atomic E-state index is 10.6. The molecule has 1 aliphatic rings. The molecule has 0 saturated carbocycles. The lowest BCUT2D eigenvalue weighted by atomic mass is 9.88. The highest BCUT2D eigenvalue weighted by molar-refractivity contribution is 9.10. The van der Waals surface area contributed by atoms with Crippen LogP contribution in [0.4, 0.5) is 0 Å². The van der Waals surface area contributed by atoms with Crippen LogP contribution in [0.5, 0.6) is 11.5 Å². The number of piperidine rings is 1. The van der Waals surface area contributed by atoms with Gasteiger partial charge in [0.15, 0.2) is 11.5 Å². The SMILES string of the molecule is COc1cc(Br)cc(CC2CN(Cc3ccccc3)CCC2O)c1OC. The van der Waals surface area contributed by atoms with Crippen molar-refractivity contribution in [2.45, 2.75) is 25.5 Å². The van der Waals surface area contributed by atoms with Crippen LogP contribution in [0.25, 0.3) is 0 Å². The van der Waals surface area contributed by atoms with Crippen LogP contribution in [0, 0.1) is 5.92 Å². The molecular weight excluding hydrogens is 394 g/mol. The van der Waals surface area contributed by atoms with Gasteiger partial charge >= 0.3 is 0 Å². The Bertz CT molecular complexity index is 723. The molecule has 1 aliphatic heterocycles. The van der Waals surface area contributed by atoms with E-state index in [0.29, 0.717) is 5.75 Å². The Balaban J connectivity index is 1.75. The van der Waals surface area contributed by atoms with Crippen molar-refractivity contribution in [3.63, 3.8) is 0 Å². The van der Waals surface area contributed by atoms with E-state index in [1.807, 2.05) is 12.1 Å². The Kier molecular flexibility index (Phi) is 6.57. The fourth-order valence-corrected chi connectivity index (χ4v) is 4.21. The Hall–Kier alpha value is -1.56. The van der Waals surface area contributed by atoms with E-state index in [1.54, 1.807) is 14.2 Å². The molecule has 3 rings (SSSR count). The fourth-order valence-electron chi connectivity index (χ4n) is 3.72. The summed E-state index contributed by atoms with van der Waals surface area (Å²) in [5.41, 5.74) is 2.37. The average Bonchev–Trinajstić information content (AvgIpc) is 2.65. The van der Waals surface area contributed by atoms with Crippen LogP contribution >= 0.6 is 15.9 Å². The molecule has 1 N–H and O–H groups in total. The van der Waals surface area contributed by atoms with Crippen molar-refractivity contribution < 1.29 is 14.6 Å². The maximum Gasteiger partial charge on any atom is 0.163 e. The van der Waals surface area contributed by atoms with E-state index in [-0.39, 0.29) is 12.0 Å². The monoisotopic (exact) mass is 419 g/mol. The van der Waals surface area contributed by atoms with Gasteiger partial charge in [-0.25, -0.2) is 0 Å². The van der Waals surface area contributed by atoms with Crippen LogP contribution < -0.4 is 9.47 Å². The third kappa shape index (κ3) is 4.58. The second-order valence-corrected chi connectivity index (χ2v) is 7.76. The number of aliphatic hydroxyl groups is 1. The number of aliphatic hydroxyl groups excluding tert-OH is 1. The molecule has 26 heavy (non-hydrogen) atoms. The van der Waals surface area contributed by atoms with Gasteiger partial charge in [0.1, 0.15) is 0 Å². The summed E-state index contributed by atoms with van der Waals surface area (Å²) in [6, 6.07) is 14.5. The first-order valence-electron chi connectivity index (χ1n) is 8.95. The first-order chi connectivity index (χ1) is 12.6. The molecule has 0 aromatic heterocycles. The minimum Gasteiger partial charge on any atom is -0.493 e. The lowest BCUT2D eigenvalue weighted by Gasteiger charge is -2.36. The highest BCUT2D eigenvalue weighted by Crippen LogP contribution is 2.37. The van der Waals surface area contributed by atoms with Gasteiger partial charge in [-0.15, -0.1) is 0 Å². The first kappa shape index (κ1) is 19.2. The summed E-state index contributed by atoms with van der Waals surface area (Å²) in [6.07, 6.45) is 1.26. The molecule has 4 nitrogen and oxygen atoms in total. The molecule has 0 bridgehead atoms. The van der Waals surface area contributed by atoms with Crippen LogP contribution in [-0.4, -0.2) is 43.4 Å². The van der Waals surface area contributed by atoms with E-state index in [9.17, 15) is 5.11 Å². The standard InChI is InChI=1S/C21H26BrNO3/c1-25-20-12-18(22)11-16(21(20)26-2)10-17-14-23(9-8-19(17)24)13-15-6-4-3-5-7-15/h3-7,11-12,17,19,24H,8-10,13-14H2,1-2H3. The second kappa shape index (κ2) is 8.89. The zero-order valence-corrected chi connectivity index (χ0v) is 16.9. The normalized spacial score (nSPS) is 20.8. The van der Waals surface area contributed by atoms with Crippen molar-refractivity contribution >= 4 is 15.9 Å². The van der Waals surface area contributed by atoms with Gasteiger partial charge in [-0.3, -0.25) is 4.90 Å². The van der Waals surface area contributed by atoms with Gasteiger partial charge < -0.3 is 14.6 Å². The van der Waals surface area contributed by atoms with Crippen molar-refractivity contribution in [1.29, 1.82) is 0 Å². The molecule has 0 spiro atoms. The molecule has 140 valence electrons. The highest BCUT2D eigenvalue weighted by Gasteiger charge is 2.29. The first-order valence-corrected chi connectivity index (χ1v) is 9.74. The van der Waals surface area contributed by atoms with Gasteiger partial charge in [0, 0.05) is 30.0 Å². The molecule has 0 radical (unpaired) electrons. The largest absolute Gasteiger partial charge is 0.493 e. The van der Waals surface area contributed by atoms with Gasteiger partial charge in [-0.05, 0) is 36.1 Å². The van der Waals surface area contributed by atoms with E-state index >= 15 is 0 Å². The Morgan fingerprint density at radius 3 is 2.62 bits per heavy atom. The number of nitrogens with zero attached hydrogens (tertiary/aromatic N) is 1. The van der Waals surface area contributed by atoms with Crippen LogP contribution in [0.1, 0.15) is 17.5 Å². The number of hydrogen-bond donors (Lipinski definition) is 1. The molecule has 2 unspecified atom stereocenters. The molecule has 0 aliphatic carbocycles. The Morgan fingerprint density at radius 2 is 1.92 bits per heavy atom. The molecule has 0 amide bonds. The quantitative estimate of drug-likeness (QED) is 0.770. The smallest absolute Gasteiger partial charge is 0.163 e. The van der Waals surface area contributed by atoms with Crippen molar-refractivity contribution in [2.75, 3.05) is 27.3 Å². The van der Waals surface area contributed by atoms with E-state index in [4.69, 9.17) is 9.47 Å². The number of halogens is 1. The summed E-state index contributed by atoms with van der Waals surface area (Å²) in [5.74, 6) is 1.63. The number of benzene rings is 2. The third-order valence-electron chi connectivity index (χ3n) is 5.03. The molecule has 5 heteroatoms. The lowest BCUT2D eigenvalue weighted by Crippen LogP contribution is -2.43. The lowest BCUT2D eigenvalue weighted by molar-refractivity contribution is 0.0237. The summed E-state index contributed by atoms with van der Waals surface area (Å²) in [4.78, 5) is 2.43. The zero-order valence-electron chi connectivity index (χ0n) is 15.3. The van der Waals surface area contributed by atoms with E-state index in [2.05, 4.69) is 51.2 Å². The number of likely N-dealkylation sites (tertiary alicyclic amines) is 1.